The Labute approximate surface area is 183 Å². The number of morpholine rings is 1. The summed E-state index contributed by atoms with van der Waals surface area (Å²) in [7, 11) is 3.39. The summed E-state index contributed by atoms with van der Waals surface area (Å²) in [6.45, 7) is 0.716. The van der Waals surface area contributed by atoms with Crippen molar-refractivity contribution in [2.75, 3.05) is 40.4 Å². The fraction of sp³-hybridized carbons (Fsp3) is 0.318. The van der Waals surface area contributed by atoms with Crippen LogP contribution in [0.2, 0.25) is 0 Å². The molecule has 9 heteroatoms. The average molecular weight is 444 g/mol. The number of halogens is 1. The predicted molar refractivity (Wildman–Crippen MR) is 115 cm³/mol. The third kappa shape index (κ3) is 4.38. The molecule has 1 fully saturated rings. The van der Waals surface area contributed by atoms with Gasteiger partial charge in [-0.3, -0.25) is 9.59 Å². The van der Waals surface area contributed by atoms with Crippen molar-refractivity contribution in [1.29, 1.82) is 0 Å². The van der Waals surface area contributed by atoms with Gasteiger partial charge in [0.15, 0.2) is 18.2 Å². The molecule has 0 saturated carbocycles. The first kappa shape index (κ1) is 21.2. The lowest BCUT2D eigenvalue weighted by molar-refractivity contribution is -0.141. The number of ether oxygens (including phenoxy) is 2. The zero-order chi connectivity index (χ0) is 22.0. The number of para-hydroxylation sites is 1. The Balaban J connectivity index is 1.55. The molecule has 0 unspecified atom stereocenters. The van der Waals surface area contributed by atoms with Crippen LogP contribution in [0, 0.1) is 5.82 Å². The molecule has 2 aromatic heterocycles. The number of carbonyl (C=O) groups excluding carboxylic acids is 2. The third-order valence-electron chi connectivity index (χ3n) is 5.03. The van der Waals surface area contributed by atoms with Gasteiger partial charge in [0.25, 0.3) is 11.8 Å². The number of aromatic nitrogens is 1. The zero-order valence-corrected chi connectivity index (χ0v) is 18.0. The summed E-state index contributed by atoms with van der Waals surface area (Å²) in [6, 6.07) is 9.69. The van der Waals surface area contributed by atoms with Crippen molar-refractivity contribution in [1.82, 2.24) is 14.8 Å². The summed E-state index contributed by atoms with van der Waals surface area (Å²) in [5.74, 6) is -0.878. The van der Waals surface area contributed by atoms with E-state index in [1.165, 1.54) is 28.4 Å². The maximum Gasteiger partial charge on any atom is 0.263 e. The molecule has 0 bridgehead atoms. The molecule has 3 heterocycles. The zero-order valence-electron chi connectivity index (χ0n) is 17.2. The highest BCUT2D eigenvalue weighted by molar-refractivity contribution is 7.20. The smallest absolute Gasteiger partial charge is 0.263 e. The van der Waals surface area contributed by atoms with Gasteiger partial charge in [0.05, 0.1) is 13.2 Å². The van der Waals surface area contributed by atoms with Crippen LogP contribution in [0.1, 0.15) is 21.3 Å². The van der Waals surface area contributed by atoms with E-state index in [1.54, 1.807) is 37.3 Å². The quantitative estimate of drug-likeness (QED) is 0.606. The summed E-state index contributed by atoms with van der Waals surface area (Å²) in [4.78, 5) is 34.4. The minimum atomic E-state index is -0.515. The van der Waals surface area contributed by atoms with Gasteiger partial charge in [0.1, 0.15) is 15.8 Å². The van der Waals surface area contributed by atoms with Crippen LogP contribution in [0.15, 0.2) is 42.6 Å². The van der Waals surface area contributed by atoms with Crippen LogP contribution in [0.5, 0.6) is 5.75 Å². The van der Waals surface area contributed by atoms with Crippen LogP contribution in [-0.2, 0) is 9.53 Å². The van der Waals surface area contributed by atoms with Crippen molar-refractivity contribution in [3.05, 3.63) is 58.9 Å². The lowest BCUT2D eigenvalue weighted by Crippen LogP contribution is -2.44. The molecule has 162 valence electrons. The van der Waals surface area contributed by atoms with Crippen LogP contribution < -0.4 is 4.74 Å². The summed E-state index contributed by atoms with van der Waals surface area (Å²) >= 11 is 1.32. The minimum absolute atomic E-state index is 0.0365. The van der Waals surface area contributed by atoms with Crippen LogP contribution in [0.4, 0.5) is 4.39 Å². The van der Waals surface area contributed by atoms with E-state index in [2.05, 4.69) is 4.98 Å². The average Bonchev–Trinajstić information content (AvgIpc) is 3.17. The van der Waals surface area contributed by atoms with Crippen molar-refractivity contribution in [2.45, 2.75) is 6.10 Å². The van der Waals surface area contributed by atoms with Gasteiger partial charge in [0, 0.05) is 37.8 Å². The topological polar surface area (TPSA) is 72.0 Å². The molecule has 7 nitrogen and oxygen atoms in total. The third-order valence-corrected chi connectivity index (χ3v) is 6.15. The van der Waals surface area contributed by atoms with E-state index in [-0.39, 0.29) is 30.7 Å². The number of hydrogen-bond donors (Lipinski definition) is 0. The first-order chi connectivity index (χ1) is 15.0. The Bertz CT molecular complexity index is 1120. The summed E-state index contributed by atoms with van der Waals surface area (Å²) in [6.07, 6.45) is 1.22. The van der Waals surface area contributed by atoms with Gasteiger partial charge in [-0.2, -0.15) is 0 Å². The fourth-order valence-electron chi connectivity index (χ4n) is 3.48. The molecule has 31 heavy (non-hydrogen) atoms. The van der Waals surface area contributed by atoms with Crippen LogP contribution in [0.25, 0.3) is 10.2 Å². The number of amides is 2. The van der Waals surface area contributed by atoms with Gasteiger partial charge in [0.2, 0.25) is 0 Å². The summed E-state index contributed by atoms with van der Waals surface area (Å²) < 4.78 is 25.1. The molecule has 1 aliphatic heterocycles. The molecular weight excluding hydrogens is 421 g/mol. The molecule has 3 aromatic rings. The fourth-order valence-corrected chi connectivity index (χ4v) is 4.69. The van der Waals surface area contributed by atoms with Crippen LogP contribution >= 0.6 is 11.3 Å². The molecule has 0 aliphatic carbocycles. The maximum atomic E-state index is 13.8. The van der Waals surface area contributed by atoms with E-state index >= 15 is 0 Å². The van der Waals surface area contributed by atoms with E-state index in [0.717, 1.165) is 15.8 Å². The normalized spacial score (nSPS) is 16.4. The number of benzene rings is 1. The van der Waals surface area contributed by atoms with Crippen molar-refractivity contribution >= 4 is 33.4 Å². The highest BCUT2D eigenvalue weighted by Crippen LogP contribution is 2.37. The Morgan fingerprint density at radius 3 is 2.87 bits per heavy atom. The first-order valence-corrected chi connectivity index (χ1v) is 10.6. The van der Waals surface area contributed by atoms with E-state index in [4.69, 9.17) is 9.47 Å². The van der Waals surface area contributed by atoms with Gasteiger partial charge in [-0.1, -0.05) is 18.2 Å². The molecule has 0 N–H and O–H groups in total. The molecule has 1 aliphatic rings. The number of rotatable bonds is 5. The van der Waals surface area contributed by atoms with E-state index in [0.29, 0.717) is 18.0 Å². The standard InChI is InChI=1S/C22H22FN3O4S/c1-25(2)22(28)20-19(14-6-5-9-24-21(14)31-20)17-12-26(10-11-29-17)18(27)13-30-16-8-4-3-7-15(16)23/h3-9,17H,10-13H2,1-2H3/t17-/m1/s1. The van der Waals surface area contributed by atoms with Gasteiger partial charge in [-0.25, -0.2) is 9.37 Å². The number of carbonyl (C=O) groups is 2. The second kappa shape index (κ2) is 8.99. The maximum absolute atomic E-state index is 13.8. The highest BCUT2D eigenvalue weighted by atomic mass is 32.1. The molecule has 1 atom stereocenters. The van der Waals surface area contributed by atoms with Crippen molar-refractivity contribution in [3.63, 3.8) is 0 Å². The second-order valence-corrected chi connectivity index (χ2v) is 8.32. The largest absolute Gasteiger partial charge is 0.481 e. The van der Waals surface area contributed by atoms with Crippen LogP contribution in [-0.4, -0.2) is 67.0 Å². The number of pyridine rings is 1. The van der Waals surface area contributed by atoms with Gasteiger partial charge < -0.3 is 19.3 Å². The van der Waals surface area contributed by atoms with Gasteiger partial charge in [-0.15, -0.1) is 11.3 Å². The van der Waals surface area contributed by atoms with Crippen molar-refractivity contribution in [3.8, 4) is 5.75 Å². The van der Waals surface area contributed by atoms with Crippen LogP contribution in [0.3, 0.4) is 0 Å². The van der Waals surface area contributed by atoms with Gasteiger partial charge >= 0.3 is 0 Å². The molecule has 0 radical (unpaired) electrons. The summed E-state index contributed by atoms with van der Waals surface area (Å²) in [5, 5.41) is 0.847. The monoisotopic (exact) mass is 443 g/mol. The SMILES string of the molecule is CN(C)C(=O)c1sc2ncccc2c1[C@H]1CN(C(=O)COc2ccccc2F)CCO1. The Hall–Kier alpha value is -3.04. The molecule has 1 saturated heterocycles. The molecule has 1 aromatic carbocycles. The Kier molecular flexibility index (Phi) is 6.15. The van der Waals surface area contributed by atoms with Crippen molar-refractivity contribution < 1.29 is 23.5 Å². The molecular formula is C22H22FN3O4S. The lowest BCUT2D eigenvalue weighted by atomic mass is 10.0. The lowest BCUT2D eigenvalue weighted by Gasteiger charge is -2.33. The summed E-state index contributed by atoms with van der Waals surface area (Å²) in [5.41, 5.74) is 0.749. The molecule has 4 rings (SSSR count). The Morgan fingerprint density at radius 2 is 2.10 bits per heavy atom. The predicted octanol–water partition coefficient (Wildman–Crippen LogP) is 3.12. The first-order valence-electron chi connectivity index (χ1n) is 9.81. The molecule has 2 amide bonds. The number of fused-ring (bicyclic) bond motifs is 1. The number of nitrogens with zero attached hydrogens (tertiary/aromatic N) is 3. The second-order valence-electron chi connectivity index (χ2n) is 7.32. The minimum Gasteiger partial charge on any atom is -0.481 e. The highest BCUT2D eigenvalue weighted by Gasteiger charge is 2.32. The van der Waals surface area contributed by atoms with Gasteiger partial charge in [-0.05, 0) is 18.2 Å². The van der Waals surface area contributed by atoms with E-state index in [9.17, 15) is 14.0 Å². The Morgan fingerprint density at radius 1 is 1.29 bits per heavy atom. The van der Waals surface area contributed by atoms with E-state index in [1.807, 2.05) is 12.1 Å². The molecule has 0 spiro atoms. The number of hydrogen-bond acceptors (Lipinski definition) is 6. The van der Waals surface area contributed by atoms with E-state index < -0.39 is 11.9 Å². The van der Waals surface area contributed by atoms with Crippen molar-refractivity contribution in [2.24, 2.45) is 0 Å². The number of thiophene rings is 1.